The van der Waals surface area contributed by atoms with Crippen LogP contribution < -0.4 is 5.73 Å². The summed E-state index contributed by atoms with van der Waals surface area (Å²) in [7, 11) is 0. The van der Waals surface area contributed by atoms with Crippen molar-refractivity contribution >= 4 is 0 Å². The molecule has 3 N–H and O–H groups in total. The van der Waals surface area contributed by atoms with Crippen LogP contribution in [0.2, 0.25) is 0 Å². The number of hydrogen-bond donors (Lipinski definition) is 2. The first-order chi connectivity index (χ1) is 6.22. The van der Waals surface area contributed by atoms with E-state index in [0.29, 0.717) is 24.0 Å². The van der Waals surface area contributed by atoms with Crippen LogP contribution in [0.3, 0.4) is 0 Å². The smallest absolute Gasteiger partial charge is 0.0612 e. The lowest BCUT2D eigenvalue weighted by Crippen LogP contribution is -2.42. The molecule has 0 aromatic rings. The number of ether oxygens (including phenoxy) is 1. The van der Waals surface area contributed by atoms with E-state index in [-0.39, 0.29) is 12.1 Å². The maximum atomic E-state index is 9.21. The van der Waals surface area contributed by atoms with Crippen molar-refractivity contribution in [1.82, 2.24) is 0 Å². The van der Waals surface area contributed by atoms with Gasteiger partial charge in [-0.05, 0) is 37.5 Å². The number of aliphatic hydroxyl groups excluding tert-OH is 1. The lowest BCUT2D eigenvalue weighted by atomic mass is 9.82. The van der Waals surface area contributed by atoms with Crippen molar-refractivity contribution in [3.8, 4) is 0 Å². The van der Waals surface area contributed by atoms with Gasteiger partial charge in [-0.3, -0.25) is 0 Å². The molecule has 3 rings (SSSR count). The lowest BCUT2D eigenvalue weighted by Gasteiger charge is -2.22. The van der Waals surface area contributed by atoms with Gasteiger partial charge in [0.15, 0.2) is 0 Å². The molecule has 1 saturated carbocycles. The summed E-state index contributed by atoms with van der Waals surface area (Å²) in [6.45, 7) is 0.138. The van der Waals surface area contributed by atoms with Crippen molar-refractivity contribution in [1.29, 1.82) is 0 Å². The average Bonchev–Trinajstić information content (AvgIpc) is 2.73. The van der Waals surface area contributed by atoms with Crippen molar-refractivity contribution in [2.45, 2.75) is 43.4 Å². The summed E-state index contributed by atoms with van der Waals surface area (Å²) >= 11 is 0. The van der Waals surface area contributed by atoms with Gasteiger partial charge in [0, 0.05) is 5.54 Å². The standard InChI is InChI=1S/C10H17NO2/c11-10(5-12)3-6-7(4-10)9-2-1-8(6)13-9/h6-9,12H,1-5,11H2. The monoisotopic (exact) mass is 183 g/mol. The Morgan fingerprint density at radius 1 is 1.23 bits per heavy atom. The van der Waals surface area contributed by atoms with Crippen molar-refractivity contribution in [2.75, 3.05) is 6.61 Å². The van der Waals surface area contributed by atoms with Crippen LogP contribution in [0.4, 0.5) is 0 Å². The summed E-state index contributed by atoms with van der Waals surface area (Å²) in [5.74, 6) is 1.30. The number of hydrogen-bond acceptors (Lipinski definition) is 3. The van der Waals surface area contributed by atoms with Crippen LogP contribution in [-0.4, -0.2) is 29.5 Å². The Morgan fingerprint density at radius 3 is 2.23 bits per heavy atom. The van der Waals surface area contributed by atoms with Gasteiger partial charge >= 0.3 is 0 Å². The molecule has 3 heteroatoms. The largest absolute Gasteiger partial charge is 0.394 e. The maximum Gasteiger partial charge on any atom is 0.0612 e. The molecule has 2 heterocycles. The predicted octanol–water partition coefficient (Wildman–Crippen LogP) is 0.264. The van der Waals surface area contributed by atoms with Gasteiger partial charge in [-0.15, -0.1) is 0 Å². The van der Waals surface area contributed by atoms with E-state index in [9.17, 15) is 5.11 Å². The third-order valence-electron chi connectivity index (χ3n) is 4.19. The van der Waals surface area contributed by atoms with Crippen LogP contribution in [0.25, 0.3) is 0 Å². The minimum Gasteiger partial charge on any atom is -0.394 e. The normalized spacial score (nSPS) is 58.6. The van der Waals surface area contributed by atoms with Gasteiger partial charge in [0.05, 0.1) is 18.8 Å². The lowest BCUT2D eigenvalue weighted by molar-refractivity contribution is 0.0675. The van der Waals surface area contributed by atoms with E-state index in [4.69, 9.17) is 10.5 Å². The van der Waals surface area contributed by atoms with Gasteiger partial charge in [0.2, 0.25) is 0 Å². The molecule has 4 unspecified atom stereocenters. The number of fused-ring (bicyclic) bond motifs is 5. The molecule has 2 aliphatic heterocycles. The van der Waals surface area contributed by atoms with E-state index in [1.54, 1.807) is 0 Å². The fourth-order valence-corrected chi connectivity index (χ4v) is 3.59. The number of rotatable bonds is 1. The van der Waals surface area contributed by atoms with Crippen LogP contribution >= 0.6 is 0 Å². The summed E-state index contributed by atoms with van der Waals surface area (Å²) in [5, 5.41) is 9.21. The second-order valence-corrected chi connectivity index (χ2v) is 5.05. The van der Waals surface area contributed by atoms with Crippen LogP contribution in [0.1, 0.15) is 25.7 Å². The Morgan fingerprint density at radius 2 is 1.77 bits per heavy atom. The summed E-state index contributed by atoms with van der Waals surface area (Å²) < 4.78 is 5.84. The highest BCUT2D eigenvalue weighted by molar-refractivity contribution is 5.08. The van der Waals surface area contributed by atoms with Crippen LogP contribution in [0.5, 0.6) is 0 Å². The van der Waals surface area contributed by atoms with Crippen molar-refractivity contribution in [3.05, 3.63) is 0 Å². The van der Waals surface area contributed by atoms with Crippen LogP contribution in [0, 0.1) is 11.8 Å². The summed E-state index contributed by atoms with van der Waals surface area (Å²) in [6, 6.07) is 0. The zero-order valence-electron chi connectivity index (χ0n) is 7.78. The average molecular weight is 183 g/mol. The summed E-state index contributed by atoms with van der Waals surface area (Å²) in [6.07, 6.45) is 5.30. The second-order valence-electron chi connectivity index (χ2n) is 5.05. The molecule has 3 nitrogen and oxygen atoms in total. The topological polar surface area (TPSA) is 55.5 Å². The molecule has 0 spiro atoms. The molecule has 74 valence electrons. The molecule has 0 aromatic carbocycles. The van der Waals surface area contributed by atoms with Gasteiger partial charge in [0.25, 0.3) is 0 Å². The molecule has 2 saturated heterocycles. The third-order valence-corrected chi connectivity index (χ3v) is 4.19. The predicted molar refractivity (Wildman–Crippen MR) is 48.1 cm³/mol. The number of aliphatic hydroxyl groups is 1. The van der Waals surface area contributed by atoms with Gasteiger partial charge < -0.3 is 15.6 Å². The Balaban J connectivity index is 1.83. The third kappa shape index (κ3) is 1.01. The Kier molecular flexibility index (Phi) is 1.56. The highest BCUT2D eigenvalue weighted by atomic mass is 16.5. The highest BCUT2D eigenvalue weighted by Crippen LogP contribution is 2.53. The molecular weight excluding hydrogens is 166 g/mol. The zero-order chi connectivity index (χ0) is 9.05. The molecule has 3 aliphatic rings. The van der Waals surface area contributed by atoms with Gasteiger partial charge in [-0.2, -0.15) is 0 Å². The molecule has 2 bridgehead atoms. The first-order valence-corrected chi connectivity index (χ1v) is 5.27. The number of nitrogens with two attached hydrogens (primary N) is 1. The van der Waals surface area contributed by atoms with Crippen LogP contribution in [0.15, 0.2) is 0 Å². The first kappa shape index (κ1) is 8.21. The molecule has 4 atom stereocenters. The summed E-state index contributed by atoms with van der Waals surface area (Å²) in [4.78, 5) is 0. The SMILES string of the molecule is NC1(CO)CC2C3CCC(O3)C2C1. The van der Waals surface area contributed by atoms with E-state index in [2.05, 4.69) is 0 Å². The maximum absolute atomic E-state index is 9.21. The Bertz CT molecular complexity index is 213. The molecule has 0 amide bonds. The minimum absolute atomic E-state index is 0.138. The van der Waals surface area contributed by atoms with Crippen molar-refractivity contribution in [3.63, 3.8) is 0 Å². The molecule has 1 aliphatic carbocycles. The molecule has 0 aromatic heterocycles. The summed E-state index contributed by atoms with van der Waals surface area (Å²) in [5.41, 5.74) is 5.80. The fourth-order valence-electron chi connectivity index (χ4n) is 3.59. The van der Waals surface area contributed by atoms with Crippen molar-refractivity contribution < 1.29 is 9.84 Å². The van der Waals surface area contributed by atoms with E-state index in [1.165, 1.54) is 12.8 Å². The quantitative estimate of drug-likeness (QED) is 0.613. The van der Waals surface area contributed by atoms with Crippen molar-refractivity contribution in [2.24, 2.45) is 17.6 Å². The van der Waals surface area contributed by atoms with E-state index >= 15 is 0 Å². The molecule has 13 heavy (non-hydrogen) atoms. The van der Waals surface area contributed by atoms with E-state index < -0.39 is 0 Å². The molecular formula is C10H17NO2. The Hall–Kier alpha value is -0.120. The van der Waals surface area contributed by atoms with Crippen LogP contribution in [-0.2, 0) is 4.74 Å². The first-order valence-electron chi connectivity index (χ1n) is 5.27. The van der Waals surface area contributed by atoms with E-state index in [0.717, 1.165) is 12.8 Å². The zero-order valence-corrected chi connectivity index (χ0v) is 7.78. The highest BCUT2D eigenvalue weighted by Gasteiger charge is 2.56. The van der Waals surface area contributed by atoms with E-state index in [1.807, 2.05) is 0 Å². The van der Waals surface area contributed by atoms with Gasteiger partial charge in [0.1, 0.15) is 0 Å². The minimum atomic E-state index is -0.292. The van der Waals surface area contributed by atoms with Gasteiger partial charge in [-0.1, -0.05) is 0 Å². The Labute approximate surface area is 78.3 Å². The van der Waals surface area contributed by atoms with Gasteiger partial charge in [-0.25, -0.2) is 0 Å². The second kappa shape index (κ2) is 2.47. The molecule has 0 radical (unpaired) electrons. The molecule has 3 fully saturated rings. The fraction of sp³-hybridized carbons (Fsp3) is 1.00.